The third kappa shape index (κ3) is 2.86. The van der Waals surface area contributed by atoms with Crippen LogP contribution in [0.3, 0.4) is 0 Å². The molecule has 0 aliphatic rings. The number of hydrogen-bond donors (Lipinski definition) is 0. The monoisotopic (exact) mass is 198 g/mol. The molecule has 0 N–H and O–H groups in total. The van der Waals surface area contributed by atoms with Crippen molar-refractivity contribution in [3.05, 3.63) is 0 Å². The van der Waals surface area contributed by atoms with Gasteiger partial charge in [-0.05, 0) is 0 Å². The van der Waals surface area contributed by atoms with E-state index in [-0.39, 0.29) is 0 Å². The van der Waals surface area contributed by atoms with Crippen molar-refractivity contribution in [2.24, 2.45) is 0 Å². The van der Waals surface area contributed by atoms with Crippen LogP contribution in [0.1, 0.15) is 6.42 Å². The first kappa shape index (κ1) is 11.5. The van der Waals surface area contributed by atoms with E-state index in [4.69, 9.17) is 0 Å². The predicted octanol–water partition coefficient (Wildman–Crippen LogP) is 2.88. The van der Waals surface area contributed by atoms with Crippen molar-refractivity contribution in [1.82, 2.24) is 0 Å². The molecule has 12 heavy (non-hydrogen) atoms. The average molecular weight is 198 g/mol. The molecule has 1 atom stereocenters. The minimum absolute atomic E-state index is 1.88. The zero-order valence-corrected chi connectivity index (χ0v) is 5.58. The van der Waals surface area contributed by atoms with Gasteiger partial charge >= 0.3 is 12.3 Å². The molecule has 1 unspecified atom stereocenters. The summed E-state index contributed by atoms with van der Waals surface area (Å²) in [6.07, 6.45) is -13.0. The Morgan fingerprint density at radius 3 is 1.58 bits per heavy atom. The Bertz CT molecular complexity index is 132. The van der Waals surface area contributed by atoms with Gasteiger partial charge in [0.05, 0.1) is 0 Å². The Morgan fingerprint density at radius 2 is 1.33 bits per heavy atom. The van der Waals surface area contributed by atoms with E-state index in [1.54, 1.807) is 0 Å². The smallest absolute Gasteiger partial charge is 0.240 e. The number of alkyl halides is 7. The lowest BCUT2D eigenvalue weighted by Gasteiger charge is -2.18. The molecule has 0 saturated heterocycles. The summed E-state index contributed by atoms with van der Waals surface area (Å²) in [6.45, 7) is 0. The molecule has 0 aromatic heterocycles. The van der Waals surface area contributed by atoms with Gasteiger partial charge in [0.1, 0.15) is 0 Å². The second-order valence-corrected chi connectivity index (χ2v) is 2.07. The molecule has 0 aliphatic carbocycles. The van der Waals surface area contributed by atoms with Crippen LogP contribution >= 0.6 is 0 Å². The van der Waals surface area contributed by atoms with Crippen molar-refractivity contribution in [2.45, 2.75) is 31.4 Å². The highest BCUT2D eigenvalue weighted by molar-refractivity contribution is 4.79. The van der Waals surface area contributed by atoms with E-state index in [1.165, 1.54) is 0 Å². The van der Waals surface area contributed by atoms with Gasteiger partial charge in [-0.25, -0.2) is 22.0 Å². The van der Waals surface area contributed by atoms with Crippen LogP contribution < -0.4 is 0 Å². The Morgan fingerprint density at radius 1 is 0.917 bits per heavy atom. The fourth-order valence-electron chi connectivity index (χ4n) is 0.450. The van der Waals surface area contributed by atoms with Crippen LogP contribution in [0.2, 0.25) is 0 Å². The molecule has 74 valence electrons. The zero-order valence-electron chi connectivity index (χ0n) is 5.58. The van der Waals surface area contributed by atoms with Crippen LogP contribution in [0.15, 0.2) is 0 Å². The standard InChI is InChI=1S/C5H5F7/c6-2(1-3(7)8)5(11,12)4(9)10/h2-4H,1H2. The van der Waals surface area contributed by atoms with Crippen LogP contribution in [0, 0.1) is 0 Å². The fourth-order valence-corrected chi connectivity index (χ4v) is 0.450. The summed E-state index contributed by atoms with van der Waals surface area (Å²) in [6, 6.07) is 0. The van der Waals surface area contributed by atoms with Crippen LogP contribution in [-0.2, 0) is 0 Å². The summed E-state index contributed by atoms with van der Waals surface area (Å²) in [7, 11) is 0. The molecule has 0 aromatic rings. The molecule has 0 bridgehead atoms. The second kappa shape index (κ2) is 3.95. The molecule has 0 rings (SSSR count). The summed E-state index contributed by atoms with van der Waals surface area (Å²) < 4.78 is 80.7. The summed E-state index contributed by atoms with van der Waals surface area (Å²) in [5, 5.41) is 0. The number of rotatable bonds is 4. The highest BCUT2D eigenvalue weighted by atomic mass is 19.3. The van der Waals surface area contributed by atoms with Gasteiger partial charge in [0.15, 0.2) is 6.17 Å². The van der Waals surface area contributed by atoms with Crippen molar-refractivity contribution in [1.29, 1.82) is 0 Å². The molecule has 0 nitrogen and oxygen atoms in total. The van der Waals surface area contributed by atoms with Gasteiger partial charge in [0.25, 0.3) is 0 Å². The molecule has 0 heterocycles. The van der Waals surface area contributed by atoms with E-state index in [0.29, 0.717) is 0 Å². The number of hydrogen-bond acceptors (Lipinski definition) is 0. The molecular weight excluding hydrogens is 193 g/mol. The molecular formula is C5H5F7. The summed E-state index contributed by atoms with van der Waals surface area (Å²) >= 11 is 0. The molecule has 0 spiro atoms. The van der Waals surface area contributed by atoms with Crippen molar-refractivity contribution < 1.29 is 30.7 Å². The molecule has 0 saturated carbocycles. The highest BCUT2D eigenvalue weighted by Crippen LogP contribution is 2.31. The first-order valence-electron chi connectivity index (χ1n) is 2.86. The third-order valence-corrected chi connectivity index (χ3v) is 1.09. The Labute approximate surface area is 63.4 Å². The van der Waals surface area contributed by atoms with Crippen molar-refractivity contribution in [2.75, 3.05) is 0 Å². The lowest BCUT2D eigenvalue weighted by Crippen LogP contribution is -2.38. The summed E-state index contributed by atoms with van der Waals surface area (Å²) in [5.41, 5.74) is 0. The van der Waals surface area contributed by atoms with Gasteiger partial charge in [0.2, 0.25) is 6.43 Å². The van der Waals surface area contributed by atoms with Crippen molar-refractivity contribution in [3.63, 3.8) is 0 Å². The maximum absolute atomic E-state index is 12.0. The minimum Gasteiger partial charge on any atom is -0.240 e. The van der Waals surface area contributed by atoms with E-state index in [0.717, 1.165) is 0 Å². The maximum atomic E-state index is 12.0. The van der Waals surface area contributed by atoms with Crippen molar-refractivity contribution >= 4 is 0 Å². The van der Waals surface area contributed by atoms with E-state index >= 15 is 0 Å². The Hall–Kier alpha value is -0.490. The second-order valence-electron chi connectivity index (χ2n) is 2.07. The van der Waals surface area contributed by atoms with Crippen LogP contribution in [0.5, 0.6) is 0 Å². The summed E-state index contributed by atoms with van der Waals surface area (Å²) in [5.74, 6) is -4.99. The first-order valence-corrected chi connectivity index (χ1v) is 2.86. The van der Waals surface area contributed by atoms with E-state index in [2.05, 4.69) is 0 Å². The lowest BCUT2D eigenvalue weighted by molar-refractivity contribution is -0.178. The van der Waals surface area contributed by atoms with Gasteiger partial charge < -0.3 is 0 Å². The molecule has 0 amide bonds. The predicted molar refractivity (Wildman–Crippen MR) is 26.5 cm³/mol. The molecule has 7 heteroatoms. The Balaban J connectivity index is 4.15. The molecule has 0 aromatic carbocycles. The topological polar surface area (TPSA) is 0 Å². The fraction of sp³-hybridized carbons (Fsp3) is 1.00. The zero-order chi connectivity index (χ0) is 9.94. The van der Waals surface area contributed by atoms with Gasteiger partial charge in [-0.1, -0.05) is 0 Å². The summed E-state index contributed by atoms with van der Waals surface area (Å²) in [4.78, 5) is 0. The highest BCUT2D eigenvalue weighted by Gasteiger charge is 2.50. The van der Waals surface area contributed by atoms with Crippen LogP contribution in [0.25, 0.3) is 0 Å². The van der Waals surface area contributed by atoms with E-state index in [1.807, 2.05) is 0 Å². The van der Waals surface area contributed by atoms with Crippen molar-refractivity contribution in [3.8, 4) is 0 Å². The lowest BCUT2D eigenvalue weighted by atomic mass is 10.1. The molecule has 0 aliphatic heterocycles. The van der Waals surface area contributed by atoms with Gasteiger partial charge in [-0.3, -0.25) is 0 Å². The third-order valence-electron chi connectivity index (χ3n) is 1.09. The van der Waals surface area contributed by atoms with Crippen LogP contribution in [-0.4, -0.2) is 24.9 Å². The minimum atomic E-state index is -4.99. The van der Waals surface area contributed by atoms with E-state index < -0.39 is 31.4 Å². The number of halogens is 7. The van der Waals surface area contributed by atoms with Gasteiger partial charge in [0, 0.05) is 6.42 Å². The van der Waals surface area contributed by atoms with Gasteiger partial charge in [-0.15, -0.1) is 0 Å². The maximum Gasteiger partial charge on any atom is 0.338 e. The van der Waals surface area contributed by atoms with E-state index in [9.17, 15) is 30.7 Å². The SMILES string of the molecule is FC(F)CC(F)C(F)(F)C(F)F. The largest absolute Gasteiger partial charge is 0.338 e. The first-order chi connectivity index (χ1) is 5.28. The normalized spacial score (nSPS) is 15.8. The Kier molecular flexibility index (Phi) is 3.79. The quantitative estimate of drug-likeness (QED) is 0.609. The van der Waals surface area contributed by atoms with Crippen LogP contribution in [0.4, 0.5) is 30.7 Å². The molecule has 0 fully saturated rings. The van der Waals surface area contributed by atoms with Gasteiger partial charge in [-0.2, -0.15) is 8.78 Å². The molecule has 0 radical (unpaired) electrons. The average Bonchev–Trinajstić information content (AvgIpc) is 1.85.